The number of carbonyl (C=O) groups excluding carboxylic acids is 2. The van der Waals surface area contributed by atoms with Crippen molar-refractivity contribution in [3.63, 3.8) is 0 Å². The van der Waals surface area contributed by atoms with Gasteiger partial charge in [-0.2, -0.15) is 0 Å². The molecule has 1 aliphatic carbocycles. The molecule has 0 saturated heterocycles. The van der Waals surface area contributed by atoms with Gasteiger partial charge < -0.3 is 10.0 Å². The van der Waals surface area contributed by atoms with Crippen molar-refractivity contribution in [3.05, 3.63) is 105 Å². The number of rotatable bonds is 9. The molecular formula is C31H31Cl2N3O6S. The van der Waals surface area contributed by atoms with Gasteiger partial charge in [-0.3, -0.25) is 14.4 Å². The van der Waals surface area contributed by atoms with Crippen molar-refractivity contribution in [1.29, 1.82) is 0 Å². The summed E-state index contributed by atoms with van der Waals surface area (Å²) in [6.07, 6.45) is 4.70. The highest BCUT2D eigenvalue weighted by Gasteiger charge is 2.49. The summed E-state index contributed by atoms with van der Waals surface area (Å²) in [5.41, 5.74) is 4.66. The van der Waals surface area contributed by atoms with E-state index in [-0.39, 0.29) is 30.2 Å². The Hall–Kier alpha value is -3.28. The van der Waals surface area contributed by atoms with Crippen LogP contribution in [-0.2, 0) is 27.2 Å². The van der Waals surface area contributed by atoms with Crippen LogP contribution in [0.2, 0.25) is 10.0 Å². The van der Waals surface area contributed by atoms with Gasteiger partial charge in [0.1, 0.15) is 0 Å². The molecule has 5 atom stereocenters. The number of nitrogens with zero attached hydrogens (tertiary/aromatic N) is 1. The van der Waals surface area contributed by atoms with E-state index in [0.29, 0.717) is 45.1 Å². The summed E-state index contributed by atoms with van der Waals surface area (Å²) in [6, 6.07) is 16.7. The number of carbonyl (C=O) groups is 3. The van der Waals surface area contributed by atoms with Crippen molar-refractivity contribution < 1.29 is 28.5 Å². The molecule has 3 aromatic carbocycles. The fourth-order valence-electron chi connectivity index (χ4n) is 6.11. The van der Waals surface area contributed by atoms with E-state index in [2.05, 4.69) is 10.2 Å². The first-order chi connectivity index (χ1) is 20.7. The third-order valence-electron chi connectivity index (χ3n) is 7.93. The van der Waals surface area contributed by atoms with Gasteiger partial charge in [0.15, 0.2) is 0 Å². The summed E-state index contributed by atoms with van der Waals surface area (Å²) >= 11 is 13.0. The molecule has 12 heteroatoms. The number of benzene rings is 3. The Bertz CT molecular complexity index is 1570. The molecule has 3 N–H and O–H groups in total. The molecule has 43 heavy (non-hydrogen) atoms. The number of carboxylic acid groups (broad SMARTS) is 1. The summed E-state index contributed by atoms with van der Waals surface area (Å²) in [5, 5.41) is 10.0. The summed E-state index contributed by atoms with van der Waals surface area (Å²) < 4.78 is 15.4. The van der Waals surface area contributed by atoms with Crippen LogP contribution in [0.1, 0.15) is 75.0 Å². The number of fused-ring (bicyclic) bond motifs is 1. The topological polar surface area (TPSA) is 125 Å². The molecule has 0 bridgehead atoms. The number of hydrogen-bond acceptors (Lipinski definition) is 5. The van der Waals surface area contributed by atoms with Gasteiger partial charge in [0.05, 0.1) is 35.1 Å². The fourth-order valence-corrected chi connectivity index (χ4v) is 7.34. The van der Waals surface area contributed by atoms with Gasteiger partial charge in [-0.25, -0.2) is 19.2 Å². The van der Waals surface area contributed by atoms with Crippen molar-refractivity contribution in [3.8, 4) is 0 Å². The maximum atomic E-state index is 14.3. The number of amides is 2. The predicted molar refractivity (Wildman–Crippen MR) is 164 cm³/mol. The molecule has 1 saturated carbocycles. The first-order valence-electron chi connectivity index (χ1n) is 13.9. The van der Waals surface area contributed by atoms with E-state index in [1.807, 2.05) is 0 Å². The largest absolute Gasteiger partial charge is 0.478 e. The summed E-state index contributed by atoms with van der Waals surface area (Å²) in [7, 11) is -1.32. The van der Waals surface area contributed by atoms with Gasteiger partial charge >= 0.3 is 5.97 Å². The fraction of sp³-hybridized carbons (Fsp3) is 0.323. The smallest absolute Gasteiger partial charge is 0.335 e. The van der Waals surface area contributed by atoms with Gasteiger partial charge in [-0.1, -0.05) is 72.4 Å². The van der Waals surface area contributed by atoms with Gasteiger partial charge in [0, 0.05) is 33.9 Å². The Labute approximate surface area is 262 Å². The summed E-state index contributed by atoms with van der Waals surface area (Å²) in [4.78, 5) is 47.1. The van der Waals surface area contributed by atoms with Crippen LogP contribution in [0.3, 0.4) is 0 Å². The lowest BCUT2D eigenvalue weighted by atomic mass is 9.76. The monoisotopic (exact) mass is 643 g/mol. The second-order valence-electron chi connectivity index (χ2n) is 10.7. The maximum Gasteiger partial charge on any atom is 0.335 e. The van der Waals surface area contributed by atoms with Gasteiger partial charge in [-0.15, -0.1) is 0 Å². The van der Waals surface area contributed by atoms with E-state index >= 15 is 0 Å². The number of nitrogens with one attached hydrogen (secondary N) is 2. The van der Waals surface area contributed by atoms with E-state index in [1.165, 1.54) is 12.1 Å². The third-order valence-corrected chi connectivity index (χ3v) is 9.13. The van der Waals surface area contributed by atoms with Crippen molar-refractivity contribution in [2.45, 2.75) is 56.3 Å². The molecule has 2 aliphatic rings. The Morgan fingerprint density at radius 3 is 2.53 bits per heavy atom. The number of hydroxylamine groups is 1. The van der Waals surface area contributed by atoms with E-state index in [9.17, 15) is 23.7 Å². The molecule has 0 radical (unpaired) electrons. The van der Waals surface area contributed by atoms with Crippen molar-refractivity contribution in [2.24, 2.45) is 0 Å². The first kappa shape index (κ1) is 31.2. The minimum atomic E-state index is -1.32. The molecule has 0 aromatic heterocycles. The van der Waals surface area contributed by atoms with E-state index < -0.39 is 34.8 Å². The van der Waals surface area contributed by atoms with Crippen LogP contribution < -0.4 is 10.2 Å². The average Bonchev–Trinajstić information content (AvgIpc) is 2.97. The minimum absolute atomic E-state index is 0.0762. The number of hydrogen-bond donors (Lipinski definition) is 3. The SMILES string of the molecule is CS(=O)N[C@@H]1CCCC[C@H]1N1C(=O)c2ccccc2[C@H](C(=O)NOCc2cccc(C(=O)O)c2)[C@H]1c1ccc(Cl)cc1Cl. The third kappa shape index (κ3) is 6.78. The number of halogens is 2. The molecule has 1 aliphatic heterocycles. The standard InChI is InChI=1S/C31H31Cl2N3O6S/c1-43(41)35-25-11-4-5-12-26(25)36-28(23-14-13-20(32)16-24(23)33)27(21-9-2-3-10-22(21)30(36)38)29(37)34-42-17-18-7-6-8-19(15-18)31(39)40/h2-3,6-10,13-16,25-28,35H,4-5,11-12,17H2,1H3,(H,34,37)(H,39,40)/t25-,26-,27+,28-,43?/m1/s1. The number of aromatic carboxylic acids is 1. The lowest BCUT2D eigenvalue weighted by Gasteiger charge is -2.49. The molecule has 1 unspecified atom stereocenters. The highest BCUT2D eigenvalue weighted by molar-refractivity contribution is 7.82. The number of carboxylic acids is 1. The predicted octanol–water partition coefficient (Wildman–Crippen LogP) is 5.41. The van der Waals surface area contributed by atoms with Crippen molar-refractivity contribution in [1.82, 2.24) is 15.1 Å². The van der Waals surface area contributed by atoms with Gasteiger partial charge in [-0.05, 0) is 59.9 Å². The first-order valence-corrected chi connectivity index (χ1v) is 16.2. The van der Waals surface area contributed by atoms with Crippen LogP contribution in [-0.4, -0.2) is 50.3 Å². The second kappa shape index (κ2) is 13.6. The van der Waals surface area contributed by atoms with Crippen LogP contribution in [0.4, 0.5) is 0 Å². The van der Waals surface area contributed by atoms with E-state index in [4.69, 9.17) is 28.0 Å². The lowest BCUT2D eigenvalue weighted by Crippen LogP contribution is -2.58. The summed E-state index contributed by atoms with van der Waals surface area (Å²) in [5.74, 6) is -2.75. The molecule has 226 valence electrons. The van der Waals surface area contributed by atoms with Crippen LogP contribution in [0.25, 0.3) is 0 Å². The second-order valence-corrected chi connectivity index (χ2v) is 12.7. The molecule has 0 spiro atoms. The molecule has 2 amide bonds. The molecule has 1 fully saturated rings. The molecule has 3 aromatic rings. The van der Waals surface area contributed by atoms with Crippen molar-refractivity contribution in [2.75, 3.05) is 6.26 Å². The van der Waals surface area contributed by atoms with Crippen LogP contribution in [0.5, 0.6) is 0 Å². The zero-order chi connectivity index (χ0) is 30.7. The Kier molecular flexibility index (Phi) is 9.83. The Morgan fingerprint density at radius 1 is 1.02 bits per heavy atom. The normalized spacial score (nSPS) is 22.5. The minimum Gasteiger partial charge on any atom is -0.478 e. The Morgan fingerprint density at radius 2 is 1.79 bits per heavy atom. The maximum absolute atomic E-state index is 14.3. The lowest BCUT2D eigenvalue weighted by molar-refractivity contribution is -0.138. The molecule has 9 nitrogen and oxygen atoms in total. The van der Waals surface area contributed by atoms with E-state index in [1.54, 1.807) is 65.8 Å². The Balaban J connectivity index is 1.55. The molecule has 5 rings (SSSR count). The zero-order valence-electron chi connectivity index (χ0n) is 23.3. The van der Waals surface area contributed by atoms with Crippen LogP contribution in [0, 0.1) is 0 Å². The van der Waals surface area contributed by atoms with E-state index in [0.717, 1.165) is 12.8 Å². The zero-order valence-corrected chi connectivity index (χ0v) is 25.6. The molecule has 1 heterocycles. The van der Waals surface area contributed by atoms with Gasteiger partial charge in [0.25, 0.3) is 11.8 Å². The van der Waals surface area contributed by atoms with Crippen molar-refractivity contribution >= 4 is 52.0 Å². The highest BCUT2D eigenvalue weighted by atomic mass is 35.5. The van der Waals surface area contributed by atoms with Crippen LogP contribution in [0.15, 0.2) is 66.7 Å². The quantitative estimate of drug-likeness (QED) is 0.268. The van der Waals surface area contributed by atoms with Gasteiger partial charge in [0.2, 0.25) is 0 Å². The highest BCUT2D eigenvalue weighted by Crippen LogP contribution is 2.47. The van der Waals surface area contributed by atoms with Crippen LogP contribution >= 0.6 is 23.2 Å². The average molecular weight is 645 g/mol. The molecular weight excluding hydrogens is 613 g/mol. The summed E-state index contributed by atoms with van der Waals surface area (Å²) in [6.45, 7) is -0.0762.